The van der Waals surface area contributed by atoms with Gasteiger partial charge in [-0.1, -0.05) is 33.6 Å². The molecule has 1 unspecified atom stereocenters. The van der Waals surface area contributed by atoms with Crippen LogP contribution < -0.4 is 5.32 Å². The molecule has 0 aliphatic carbocycles. The molecule has 0 saturated carbocycles. The summed E-state index contributed by atoms with van der Waals surface area (Å²) < 4.78 is 0. The maximum absolute atomic E-state index is 12.1. The topological polar surface area (TPSA) is 29.1 Å². The molecule has 1 atom stereocenters. The quantitative estimate of drug-likeness (QED) is 0.651. The lowest BCUT2D eigenvalue weighted by Crippen LogP contribution is -2.49. The smallest absolute Gasteiger partial charge is 0.223 e. The van der Waals surface area contributed by atoms with Crippen LogP contribution >= 0.6 is 11.6 Å². The molecule has 0 aliphatic heterocycles. The molecule has 3 heteroatoms. The molecule has 0 rings (SSSR count). The zero-order valence-corrected chi connectivity index (χ0v) is 11.9. The standard InChI is InChI=1S/C13H26ClNO/c1-5-8-11(9-6-2)12(16)15-13(4,7-3)10-14/h11H,5-10H2,1-4H3,(H,15,16). The molecule has 0 fully saturated rings. The Morgan fingerprint density at radius 1 is 1.25 bits per heavy atom. The fraction of sp³-hybridized carbons (Fsp3) is 0.923. The van der Waals surface area contributed by atoms with Crippen molar-refractivity contribution in [2.75, 3.05) is 5.88 Å². The van der Waals surface area contributed by atoms with Crippen LogP contribution in [0.1, 0.15) is 59.8 Å². The van der Waals surface area contributed by atoms with Crippen molar-refractivity contribution in [3.8, 4) is 0 Å². The molecule has 1 amide bonds. The molecule has 0 saturated heterocycles. The summed E-state index contributed by atoms with van der Waals surface area (Å²) in [7, 11) is 0. The maximum Gasteiger partial charge on any atom is 0.223 e. The third-order valence-corrected chi connectivity index (χ3v) is 3.74. The van der Waals surface area contributed by atoms with E-state index in [4.69, 9.17) is 11.6 Å². The second-order valence-corrected chi connectivity index (χ2v) is 5.08. The highest BCUT2D eigenvalue weighted by Crippen LogP contribution is 2.17. The van der Waals surface area contributed by atoms with Crippen LogP contribution in [0.25, 0.3) is 0 Å². The molecule has 1 N–H and O–H groups in total. The second-order valence-electron chi connectivity index (χ2n) is 4.81. The first-order valence-corrected chi connectivity index (χ1v) is 6.94. The van der Waals surface area contributed by atoms with Gasteiger partial charge in [0.15, 0.2) is 0 Å². The fourth-order valence-electron chi connectivity index (χ4n) is 1.72. The van der Waals surface area contributed by atoms with Crippen molar-refractivity contribution in [2.24, 2.45) is 5.92 Å². The van der Waals surface area contributed by atoms with Gasteiger partial charge >= 0.3 is 0 Å². The molecule has 0 radical (unpaired) electrons. The summed E-state index contributed by atoms with van der Waals surface area (Å²) in [6, 6.07) is 0. The molecular weight excluding hydrogens is 222 g/mol. The van der Waals surface area contributed by atoms with Crippen LogP contribution in [0.5, 0.6) is 0 Å². The Labute approximate surface area is 105 Å². The van der Waals surface area contributed by atoms with Crippen LogP contribution in [0.2, 0.25) is 0 Å². The van der Waals surface area contributed by atoms with Gasteiger partial charge in [0, 0.05) is 11.8 Å². The van der Waals surface area contributed by atoms with Gasteiger partial charge in [-0.05, 0) is 26.2 Å². The zero-order chi connectivity index (χ0) is 12.6. The lowest BCUT2D eigenvalue weighted by molar-refractivity contribution is -0.127. The first kappa shape index (κ1) is 15.8. The van der Waals surface area contributed by atoms with Crippen LogP contribution in [0.4, 0.5) is 0 Å². The Hall–Kier alpha value is -0.240. The minimum atomic E-state index is -0.252. The van der Waals surface area contributed by atoms with Gasteiger partial charge in [-0.2, -0.15) is 0 Å². The monoisotopic (exact) mass is 247 g/mol. The number of carbonyl (C=O) groups is 1. The number of rotatable bonds is 8. The van der Waals surface area contributed by atoms with Crippen LogP contribution in [0.15, 0.2) is 0 Å². The number of halogens is 1. The minimum absolute atomic E-state index is 0.157. The highest BCUT2D eigenvalue weighted by Gasteiger charge is 2.26. The predicted molar refractivity (Wildman–Crippen MR) is 70.9 cm³/mol. The summed E-state index contributed by atoms with van der Waals surface area (Å²) >= 11 is 5.90. The number of carbonyl (C=O) groups excluding carboxylic acids is 1. The normalized spacial score (nSPS) is 14.9. The fourth-order valence-corrected chi connectivity index (χ4v) is 1.98. The van der Waals surface area contributed by atoms with Gasteiger partial charge < -0.3 is 5.32 Å². The molecule has 96 valence electrons. The lowest BCUT2D eigenvalue weighted by Gasteiger charge is -2.29. The molecule has 0 heterocycles. The van der Waals surface area contributed by atoms with Crippen LogP contribution in [-0.4, -0.2) is 17.3 Å². The summed E-state index contributed by atoms with van der Waals surface area (Å²) in [6.07, 6.45) is 4.93. The Balaban J connectivity index is 4.38. The SMILES string of the molecule is CCCC(CCC)C(=O)NC(C)(CC)CCl. The van der Waals surface area contributed by atoms with Gasteiger partial charge in [0.1, 0.15) is 0 Å². The predicted octanol–water partition coefficient (Wildman–Crippen LogP) is 3.73. The zero-order valence-electron chi connectivity index (χ0n) is 11.1. The molecule has 0 bridgehead atoms. The van der Waals surface area contributed by atoms with E-state index >= 15 is 0 Å². The Bertz CT molecular complexity index is 196. The van der Waals surface area contributed by atoms with Crippen molar-refractivity contribution in [3.63, 3.8) is 0 Å². The van der Waals surface area contributed by atoms with Crippen LogP contribution in [0.3, 0.4) is 0 Å². The summed E-state index contributed by atoms with van der Waals surface area (Å²) in [6.45, 7) is 8.30. The van der Waals surface area contributed by atoms with E-state index in [1.54, 1.807) is 0 Å². The average Bonchev–Trinajstić information content (AvgIpc) is 2.28. The number of hydrogen-bond acceptors (Lipinski definition) is 1. The lowest BCUT2D eigenvalue weighted by atomic mass is 9.94. The highest BCUT2D eigenvalue weighted by atomic mass is 35.5. The number of amides is 1. The van der Waals surface area contributed by atoms with Crippen LogP contribution in [-0.2, 0) is 4.79 Å². The van der Waals surface area contributed by atoms with E-state index in [0.29, 0.717) is 5.88 Å². The molecule has 2 nitrogen and oxygen atoms in total. The molecule has 16 heavy (non-hydrogen) atoms. The van der Waals surface area contributed by atoms with Gasteiger partial charge in [-0.15, -0.1) is 11.6 Å². The number of alkyl halides is 1. The molecular formula is C13H26ClNO. The van der Waals surface area contributed by atoms with Crippen molar-refractivity contribution >= 4 is 17.5 Å². The summed E-state index contributed by atoms with van der Waals surface area (Å²) in [5, 5.41) is 3.09. The van der Waals surface area contributed by atoms with E-state index in [2.05, 4.69) is 26.1 Å². The average molecular weight is 248 g/mol. The largest absolute Gasteiger partial charge is 0.350 e. The molecule has 0 aromatic heterocycles. The van der Waals surface area contributed by atoms with Gasteiger partial charge in [-0.25, -0.2) is 0 Å². The van der Waals surface area contributed by atoms with E-state index in [1.165, 1.54) is 0 Å². The highest BCUT2D eigenvalue weighted by molar-refractivity contribution is 6.18. The summed E-state index contributed by atoms with van der Waals surface area (Å²) in [4.78, 5) is 12.1. The van der Waals surface area contributed by atoms with E-state index < -0.39 is 0 Å². The minimum Gasteiger partial charge on any atom is -0.350 e. The van der Waals surface area contributed by atoms with E-state index in [9.17, 15) is 4.79 Å². The first-order chi connectivity index (χ1) is 7.52. The van der Waals surface area contributed by atoms with Crippen molar-refractivity contribution in [3.05, 3.63) is 0 Å². The van der Waals surface area contributed by atoms with E-state index in [-0.39, 0.29) is 17.4 Å². The number of hydrogen-bond donors (Lipinski definition) is 1. The number of nitrogens with one attached hydrogen (secondary N) is 1. The third kappa shape index (κ3) is 5.20. The first-order valence-electron chi connectivity index (χ1n) is 6.40. The van der Waals surface area contributed by atoms with Gasteiger partial charge in [0.25, 0.3) is 0 Å². The van der Waals surface area contributed by atoms with E-state index in [0.717, 1.165) is 32.1 Å². The van der Waals surface area contributed by atoms with Crippen molar-refractivity contribution in [1.29, 1.82) is 0 Å². The third-order valence-electron chi connectivity index (χ3n) is 3.15. The Kier molecular flexibility index (Phi) is 7.82. The van der Waals surface area contributed by atoms with Crippen molar-refractivity contribution < 1.29 is 4.79 Å². The summed E-state index contributed by atoms with van der Waals surface area (Å²) in [5.41, 5.74) is -0.252. The summed E-state index contributed by atoms with van der Waals surface area (Å²) in [5.74, 6) is 0.804. The van der Waals surface area contributed by atoms with E-state index in [1.807, 2.05) is 6.92 Å². The Morgan fingerprint density at radius 3 is 2.06 bits per heavy atom. The Morgan fingerprint density at radius 2 is 1.75 bits per heavy atom. The van der Waals surface area contributed by atoms with Crippen molar-refractivity contribution in [1.82, 2.24) is 5.32 Å². The van der Waals surface area contributed by atoms with Gasteiger partial charge in [0.05, 0.1) is 5.54 Å². The molecule has 0 aromatic carbocycles. The van der Waals surface area contributed by atoms with Crippen molar-refractivity contribution in [2.45, 2.75) is 65.3 Å². The molecule has 0 aliphatic rings. The maximum atomic E-state index is 12.1. The van der Waals surface area contributed by atoms with Gasteiger partial charge in [-0.3, -0.25) is 4.79 Å². The van der Waals surface area contributed by atoms with Crippen LogP contribution in [0, 0.1) is 5.92 Å². The molecule has 0 aromatic rings. The van der Waals surface area contributed by atoms with Gasteiger partial charge in [0.2, 0.25) is 5.91 Å². The molecule has 0 spiro atoms. The second kappa shape index (κ2) is 7.94.